The second-order valence-corrected chi connectivity index (χ2v) is 21.3. The summed E-state index contributed by atoms with van der Waals surface area (Å²) in [5.41, 5.74) is 5.52. The molecule has 0 saturated carbocycles. The average molecular weight is 1210 g/mol. The molecule has 31 heteroatoms. The number of Topliss-reactive ketones (excluding diaryl/α,β-unsaturated/α-hetero) is 3. The molecular formula is C53H93N7O24. The first kappa shape index (κ1) is 73.9. The minimum atomic E-state index is -1.70. The molecule has 3 aliphatic rings. The maximum absolute atomic E-state index is 13.6. The minimum Gasteiger partial charge on any atom is -0.394 e. The van der Waals surface area contributed by atoms with E-state index < -0.39 is 166 Å². The Labute approximate surface area is 487 Å². The van der Waals surface area contributed by atoms with E-state index in [1.807, 2.05) is 0 Å². The van der Waals surface area contributed by atoms with Gasteiger partial charge in [0.05, 0.1) is 76.9 Å². The summed E-state index contributed by atoms with van der Waals surface area (Å²) in [6.07, 6.45) is -17.3. The smallest absolute Gasteiger partial charge is 0.239 e. The first-order valence-electron chi connectivity index (χ1n) is 28.8. The molecule has 0 aromatic heterocycles. The van der Waals surface area contributed by atoms with Crippen molar-refractivity contribution in [2.45, 2.75) is 215 Å². The summed E-state index contributed by atoms with van der Waals surface area (Å²) in [4.78, 5) is 105. The summed E-state index contributed by atoms with van der Waals surface area (Å²) in [5.74, 6) is -3.91. The van der Waals surface area contributed by atoms with Crippen molar-refractivity contribution < 1.29 is 118 Å². The SMILES string of the molecule is CC(=O)[C@H](CCCCN)NC(=O)CCCCC(=O)NCCCC[C@H](NC(=O)CNC(=O)CN(CC(=O)CCCO[C@@H]1O[C@@H](C)[C@@H](O)[C@@H](O)[C@@H]1O)CC(=O)NCCO[C@H]1O[C@H](CO)[C@@H](O)[C@H](O)[C@@H]1O)C(=O)CCCO[C@@H]1O[C@@H](C)[C@@H](O)[C@@H](O)[C@@H]1O. The van der Waals surface area contributed by atoms with Gasteiger partial charge in [-0.3, -0.25) is 43.3 Å². The molecule has 0 spiro atoms. The largest absolute Gasteiger partial charge is 0.394 e. The van der Waals surface area contributed by atoms with Crippen molar-refractivity contribution >= 4 is 46.9 Å². The zero-order chi connectivity index (χ0) is 62.5. The highest BCUT2D eigenvalue weighted by molar-refractivity contribution is 5.92. The maximum Gasteiger partial charge on any atom is 0.239 e. The van der Waals surface area contributed by atoms with Gasteiger partial charge < -0.3 is 112 Å². The quantitative estimate of drug-likeness (QED) is 0.0253. The summed E-state index contributed by atoms with van der Waals surface area (Å²) >= 11 is 0. The van der Waals surface area contributed by atoms with E-state index in [-0.39, 0.29) is 95.5 Å². The first-order valence-corrected chi connectivity index (χ1v) is 28.8. The Bertz CT molecular complexity index is 2030. The Morgan fingerprint density at radius 1 is 0.488 bits per heavy atom. The van der Waals surface area contributed by atoms with Crippen LogP contribution in [0.2, 0.25) is 0 Å². The van der Waals surface area contributed by atoms with Crippen LogP contribution in [0.4, 0.5) is 0 Å². The van der Waals surface area contributed by atoms with E-state index in [2.05, 4.69) is 26.6 Å². The van der Waals surface area contributed by atoms with Gasteiger partial charge in [-0.1, -0.05) is 0 Å². The van der Waals surface area contributed by atoms with E-state index in [9.17, 15) is 89.4 Å². The van der Waals surface area contributed by atoms with E-state index >= 15 is 0 Å². The van der Waals surface area contributed by atoms with Crippen LogP contribution in [0.15, 0.2) is 0 Å². The molecule has 5 amide bonds. The molecule has 17 N–H and O–H groups in total. The van der Waals surface area contributed by atoms with Crippen LogP contribution in [0.5, 0.6) is 0 Å². The number of amides is 5. The lowest BCUT2D eigenvalue weighted by Crippen LogP contribution is -2.59. The number of hydrogen-bond donors (Lipinski definition) is 16. The molecule has 0 bridgehead atoms. The number of nitrogens with zero attached hydrogens (tertiary/aromatic N) is 1. The van der Waals surface area contributed by atoms with E-state index in [4.69, 9.17) is 34.2 Å². The highest BCUT2D eigenvalue weighted by Crippen LogP contribution is 2.24. The van der Waals surface area contributed by atoms with Gasteiger partial charge in [0.1, 0.15) is 66.8 Å². The maximum atomic E-state index is 13.6. The molecular weight excluding hydrogens is 1120 g/mol. The Balaban J connectivity index is 1.57. The molecule has 3 fully saturated rings. The van der Waals surface area contributed by atoms with E-state index in [0.29, 0.717) is 45.1 Å². The lowest BCUT2D eigenvalue weighted by Gasteiger charge is -2.39. The van der Waals surface area contributed by atoms with Gasteiger partial charge in [0.2, 0.25) is 29.5 Å². The Hall–Kier alpha value is -4.36. The van der Waals surface area contributed by atoms with Crippen LogP contribution in [0.25, 0.3) is 0 Å². The molecule has 0 aromatic rings. The predicted octanol–water partition coefficient (Wildman–Crippen LogP) is -6.74. The van der Waals surface area contributed by atoms with Crippen LogP contribution in [0, 0.1) is 0 Å². The molecule has 484 valence electrons. The van der Waals surface area contributed by atoms with Gasteiger partial charge in [0.15, 0.2) is 30.4 Å². The fraction of sp³-hybridized carbons (Fsp3) is 0.849. The summed E-state index contributed by atoms with van der Waals surface area (Å²) in [7, 11) is 0. The summed E-state index contributed by atoms with van der Waals surface area (Å²) < 4.78 is 32.6. The number of carbonyl (C=O) groups is 8. The third kappa shape index (κ3) is 26.3. The Kier molecular flexibility index (Phi) is 34.7. The van der Waals surface area contributed by atoms with Crippen LogP contribution in [0.3, 0.4) is 0 Å². The van der Waals surface area contributed by atoms with Gasteiger partial charge in [0.25, 0.3) is 0 Å². The van der Waals surface area contributed by atoms with Gasteiger partial charge in [-0.25, -0.2) is 0 Å². The summed E-state index contributed by atoms with van der Waals surface area (Å²) in [5, 5.41) is 114. The van der Waals surface area contributed by atoms with E-state index in [1.54, 1.807) is 0 Å². The Morgan fingerprint density at radius 2 is 0.976 bits per heavy atom. The van der Waals surface area contributed by atoms with Gasteiger partial charge in [0, 0.05) is 38.8 Å². The van der Waals surface area contributed by atoms with E-state index in [1.165, 1.54) is 25.7 Å². The molecule has 84 heavy (non-hydrogen) atoms. The number of aliphatic hydroxyl groups excluding tert-OH is 10. The van der Waals surface area contributed by atoms with Crippen molar-refractivity contribution in [3.63, 3.8) is 0 Å². The second-order valence-electron chi connectivity index (χ2n) is 21.3. The number of ketones is 3. The van der Waals surface area contributed by atoms with E-state index in [0.717, 1.165) is 6.42 Å². The number of aliphatic hydroxyl groups is 10. The minimum absolute atomic E-state index is 0.0688. The summed E-state index contributed by atoms with van der Waals surface area (Å²) in [6.45, 7) is 1.34. The monoisotopic (exact) mass is 1210 g/mol. The molecule has 17 atom stereocenters. The van der Waals surface area contributed by atoms with Crippen LogP contribution >= 0.6 is 0 Å². The molecule has 3 saturated heterocycles. The Morgan fingerprint density at radius 3 is 1.55 bits per heavy atom. The van der Waals surface area contributed by atoms with Crippen molar-refractivity contribution in [3.05, 3.63) is 0 Å². The van der Waals surface area contributed by atoms with Gasteiger partial charge in [-0.05, 0) is 91.5 Å². The molecule has 3 rings (SSSR count). The predicted molar refractivity (Wildman–Crippen MR) is 290 cm³/mol. The zero-order valence-corrected chi connectivity index (χ0v) is 48.2. The number of hydrogen-bond acceptors (Lipinski definition) is 26. The number of carbonyl (C=O) groups excluding carboxylic acids is 8. The van der Waals surface area contributed by atoms with Crippen LogP contribution in [0.1, 0.15) is 111 Å². The molecule has 0 aliphatic carbocycles. The molecule has 3 heterocycles. The average Bonchev–Trinajstić information content (AvgIpc) is 3.62. The summed E-state index contributed by atoms with van der Waals surface area (Å²) in [6, 6.07) is -1.68. The molecule has 3 aliphatic heterocycles. The zero-order valence-electron chi connectivity index (χ0n) is 48.2. The van der Waals surface area contributed by atoms with Crippen LogP contribution < -0.4 is 32.3 Å². The van der Waals surface area contributed by atoms with Gasteiger partial charge >= 0.3 is 0 Å². The highest BCUT2D eigenvalue weighted by atomic mass is 16.7. The fourth-order valence-electron chi connectivity index (χ4n) is 9.21. The fourth-order valence-corrected chi connectivity index (χ4v) is 9.21. The first-order chi connectivity index (χ1) is 39.9. The van der Waals surface area contributed by atoms with Crippen molar-refractivity contribution in [2.75, 3.05) is 72.2 Å². The lowest BCUT2D eigenvalue weighted by molar-refractivity contribution is -0.300. The highest BCUT2D eigenvalue weighted by Gasteiger charge is 2.45. The number of nitrogens with two attached hydrogens (primary N) is 1. The normalized spacial score (nSPS) is 28.6. The van der Waals surface area contributed by atoms with Crippen molar-refractivity contribution in [2.24, 2.45) is 5.73 Å². The number of unbranched alkanes of at least 4 members (excludes halogenated alkanes) is 3. The van der Waals surface area contributed by atoms with Gasteiger partial charge in [-0.2, -0.15) is 0 Å². The van der Waals surface area contributed by atoms with Crippen LogP contribution in [-0.2, 0) is 66.8 Å². The third-order valence-corrected chi connectivity index (χ3v) is 14.3. The topological polar surface area (TPSA) is 484 Å². The number of rotatable bonds is 41. The molecule has 0 radical (unpaired) electrons. The molecule has 0 unspecified atom stereocenters. The standard InChI is InChI=1S/C53H93N7O24/c1-29(62)33(13-6-8-18-54)58-38(66)17-5-4-16-37(65)55-19-9-7-14-34(35(64)15-11-22-80-52-49(77)46(74)43(71)31(3)83-52)59-39(67)24-57-41(69)27-60(25-32(63)12-10-21-79-51-48(76)45(73)42(70)30(2)82-51)26-40(68)56-20-23-81-53-50(78)47(75)44(72)36(28-61)84-53/h30-31,33-34,36,42-53,61,70-78H,4-28,54H2,1-3H3,(H,55,65)(H,56,68)(H,57,69)(H,58,66)(H,59,67)/t30-,31-,33-,34-,36+,42+,43+,44+,45+,46+,47-,48-,49-,50-,51+,52+,53-/m0/s1. The van der Waals surface area contributed by atoms with Crippen molar-refractivity contribution in [1.82, 2.24) is 31.5 Å². The van der Waals surface area contributed by atoms with Crippen molar-refractivity contribution in [3.8, 4) is 0 Å². The van der Waals surface area contributed by atoms with Crippen molar-refractivity contribution in [1.29, 1.82) is 0 Å². The molecule has 0 aromatic carbocycles. The number of ether oxygens (including phenoxy) is 6. The third-order valence-electron chi connectivity index (χ3n) is 14.3. The lowest BCUT2D eigenvalue weighted by atomic mass is 9.99. The molecule has 31 nitrogen and oxygen atoms in total. The van der Waals surface area contributed by atoms with Crippen LogP contribution in [-0.4, -0.2) is 279 Å². The second kappa shape index (κ2) is 39.4. The van der Waals surface area contributed by atoms with Gasteiger partial charge in [-0.15, -0.1) is 0 Å². The number of nitrogens with one attached hydrogen (secondary N) is 5.